The van der Waals surface area contributed by atoms with E-state index >= 15 is 0 Å². The Balaban J connectivity index is 1.94. The fourth-order valence-electron chi connectivity index (χ4n) is 2.74. The highest BCUT2D eigenvalue weighted by molar-refractivity contribution is 5.96. The molecule has 2 aromatic carbocycles. The van der Waals surface area contributed by atoms with Gasteiger partial charge in [0, 0.05) is 12.6 Å². The molecule has 30 heavy (non-hydrogen) atoms. The first-order chi connectivity index (χ1) is 14.3. The van der Waals surface area contributed by atoms with Gasteiger partial charge in [0.2, 0.25) is 5.91 Å². The van der Waals surface area contributed by atoms with E-state index in [1.807, 2.05) is 6.07 Å². The Labute approximate surface area is 174 Å². The van der Waals surface area contributed by atoms with Crippen molar-refractivity contribution in [3.8, 4) is 0 Å². The van der Waals surface area contributed by atoms with Crippen molar-refractivity contribution >= 4 is 29.4 Å². The van der Waals surface area contributed by atoms with Gasteiger partial charge in [0.25, 0.3) is 5.91 Å². The number of carbonyl (C=O) groups excluding carboxylic acids is 4. The minimum atomic E-state index is -0.632. The summed E-state index contributed by atoms with van der Waals surface area (Å²) in [7, 11) is 1.27. The second kappa shape index (κ2) is 10.8. The summed E-state index contributed by atoms with van der Waals surface area (Å²) in [6.45, 7) is 2.63. The van der Waals surface area contributed by atoms with Crippen LogP contribution in [0.4, 0.5) is 5.69 Å². The number of methoxy groups -OCH3 is 1. The van der Waals surface area contributed by atoms with Crippen LogP contribution in [0.25, 0.3) is 0 Å². The Bertz CT molecular complexity index is 926. The summed E-state index contributed by atoms with van der Waals surface area (Å²) in [4.78, 5) is 47.5. The van der Waals surface area contributed by atoms with Crippen molar-refractivity contribution in [2.75, 3.05) is 19.0 Å². The van der Waals surface area contributed by atoms with E-state index in [9.17, 15) is 19.2 Å². The predicted octanol–water partition coefficient (Wildman–Crippen LogP) is 2.53. The molecular weight excluding hydrogens is 388 g/mol. The average Bonchev–Trinajstić information content (AvgIpc) is 2.73. The van der Waals surface area contributed by atoms with Gasteiger partial charge >= 0.3 is 11.9 Å². The Morgan fingerprint density at radius 1 is 1.03 bits per heavy atom. The molecule has 0 bridgehead atoms. The third-order valence-electron chi connectivity index (χ3n) is 4.25. The number of ether oxygens (including phenoxy) is 2. The molecule has 158 valence electrons. The number of benzene rings is 2. The highest BCUT2D eigenvalue weighted by Crippen LogP contribution is 2.19. The number of esters is 2. The van der Waals surface area contributed by atoms with Gasteiger partial charge in [-0.15, -0.1) is 0 Å². The molecule has 2 amide bonds. The molecule has 0 aromatic heterocycles. The van der Waals surface area contributed by atoms with E-state index in [2.05, 4.69) is 15.4 Å². The third-order valence-corrected chi connectivity index (χ3v) is 4.25. The molecule has 2 aromatic rings. The SMILES string of the molecule is COC(=O)c1ccc(C)c(NC(=O)COC(=O)C[C@@H](NC(C)=O)c2ccccc2)c1. The van der Waals surface area contributed by atoms with Crippen LogP contribution < -0.4 is 10.6 Å². The van der Waals surface area contributed by atoms with E-state index in [1.165, 1.54) is 20.1 Å². The predicted molar refractivity (Wildman–Crippen MR) is 110 cm³/mol. The number of nitrogens with one attached hydrogen (secondary N) is 2. The van der Waals surface area contributed by atoms with Crippen molar-refractivity contribution in [2.24, 2.45) is 0 Å². The molecule has 0 fully saturated rings. The van der Waals surface area contributed by atoms with E-state index in [-0.39, 0.29) is 17.9 Å². The molecule has 0 aliphatic heterocycles. The molecule has 0 spiro atoms. The van der Waals surface area contributed by atoms with Crippen LogP contribution in [0.1, 0.15) is 40.9 Å². The fourth-order valence-corrected chi connectivity index (χ4v) is 2.74. The van der Waals surface area contributed by atoms with Gasteiger partial charge in [-0.1, -0.05) is 36.4 Å². The van der Waals surface area contributed by atoms with Crippen molar-refractivity contribution < 1.29 is 28.7 Å². The first-order valence-corrected chi connectivity index (χ1v) is 9.26. The Morgan fingerprint density at radius 3 is 2.37 bits per heavy atom. The number of hydrogen-bond donors (Lipinski definition) is 2. The van der Waals surface area contributed by atoms with Crippen LogP contribution in [-0.2, 0) is 23.9 Å². The van der Waals surface area contributed by atoms with Crippen molar-refractivity contribution in [1.82, 2.24) is 5.32 Å². The summed E-state index contributed by atoms with van der Waals surface area (Å²) in [5.41, 5.74) is 2.19. The number of aryl methyl sites for hydroxylation is 1. The largest absolute Gasteiger partial charge is 0.465 e. The van der Waals surface area contributed by atoms with Gasteiger partial charge in [-0.25, -0.2) is 4.79 Å². The lowest BCUT2D eigenvalue weighted by molar-refractivity contribution is -0.148. The lowest BCUT2D eigenvalue weighted by Gasteiger charge is -2.17. The molecule has 0 aliphatic rings. The number of hydrogen-bond acceptors (Lipinski definition) is 6. The zero-order chi connectivity index (χ0) is 22.1. The van der Waals surface area contributed by atoms with E-state index in [0.29, 0.717) is 5.69 Å². The maximum atomic E-state index is 12.2. The van der Waals surface area contributed by atoms with Crippen molar-refractivity contribution in [3.05, 3.63) is 65.2 Å². The maximum Gasteiger partial charge on any atom is 0.337 e. The monoisotopic (exact) mass is 412 g/mol. The highest BCUT2D eigenvalue weighted by atomic mass is 16.5. The normalized spacial score (nSPS) is 11.2. The molecule has 2 rings (SSSR count). The number of carbonyl (C=O) groups is 4. The molecular formula is C22H24N2O6. The first-order valence-electron chi connectivity index (χ1n) is 9.26. The summed E-state index contributed by atoms with van der Waals surface area (Å²) < 4.78 is 9.72. The molecule has 1 atom stereocenters. The van der Waals surface area contributed by atoms with Crippen LogP contribution in [0.2, 0.25) is 0 Å². The lowest BCUT2D eigenvalue weighted by Crippen LogP contribution is -2.29. The molecule has 0 unspecified atom stereocenters. The van der Waals surface area contributed by atoms with Gasteiger partial charge in [-0.05, 0) is 30.2 Å². The first kappa shape index (κ1) is 22.6. The number of anilines is 1. The smallest absolute Gasteiger partial charge is 0.337 e. The lowest BCUT2D eigenvalue weighted by atomic mass is 10.0. The number of amides is 2. The zero-order valence-corrected chi connectivity index (χ0v) is 17.1. The Kier molecular flexibility index (Phi) is 8.10. The van der Waals surface area contributed by atoms with Crippen LogP contribution in [0.3, 0.4) is 0 Å². The summed E-state index contributed by atoms with van der Waals surface area (Å²) in [6.07, 6.45) is -0.117. The summed E-state index contributed by atoms with van der Waals surface area (Å²) >= 11 is 0. The molecule has 0 saturated carbocycles. The van der Waals surface area contributed by atoms with Crippen molar-refractivity contribution in [1.29, 1.82) is 0 Å². The molecule has 0 radical (unpaired) electrons. The van der Waals surface area contributed by atoms with Gasteiger partial charge in [-0.2, -0.15) is 0 Å². The maximum absolute atomic E-state index is 12.2. The second-order valence-electron chi connectivity index (χ2n) is 6.60. The molecule has 8 nitrogen and oxygen atoms in total. The van der Waals surface area contributed by atoms with Gasteiger partial charge in [0.15, 0.2) is 6.61 Å². The number of rotatable bonds is 8. The van der Waals surface area contributed by atoms with Gasteiger partial charge < -0.3 is 20.1 Å². The van der Waals surface area contributed by atoms with E-state index < -0.39 is 30.5 Å². The summed E-state index contributed by atoms with van der Waals surface area (Å²) in [5, 5.41) is 5.31. The second-order valence-corrected chi connectivity index (χ2v) is 6.60. The van der Waals surface area contributed by atoms with Crippen LogP contribution in [-0.4, -0.2) is 37.5 Å². The minimum absolute atomic E-state index is 0.117. The van der Waals surface area contributed by atoms with Gasteiger partial charge in [0.05, 0.1) is 25.1 Å². The average molecular weight is 412 g/mol. The quantitative estimate of drug-likeness (QED) is 0.645. The van der Waals surface area contributed by atoms with Crippen molar-refractivity contribution in [3.63, 3.8) is 0 Å². The molecule has 2 N–H and O–H groups in total. The van der Waals surface area contributed by atoms with Crippen molar-refractivity contribution in [2.45, 2.75) is 26.3 Å². The van der Waals surface area contributed by atoms with Gasteiger partial charge in [0.1, 0.15) is 0 Å². The zero-order valence-electron chi connectivity index (χ0n) is 17.1. The van der Waals surface area contributed by atoms with Crippen LogP contribution >= 0.6 is 0 Å². The standard InChI is InChI=1S/C22H24N2O6/c1-14-9-10-17(22(28)29-3)11-18(14)24-20(26)13-30-21(27)12-19(23-15(2)25)16-7-5-4-6-8-16/h4-11,19H,12-13H2,1-3H3,(H,23,25)(H,24,26)/t19-/m1/s1. The Hall–Kier alpha value is -3.68. The fraction of sp³-hybridized carbons (Fsp3) is 0.273. The van der Waals surface area contributed by atoms with Crippen LogP contribution in [0, 0.1) is 6.92 Å². The highest BCUT2D eigenvalue weighted by Gasteiger charge is 2.19. The molecule has 0 saturated heterocycles. The third kappa shape index (κ3) is 6.73. The summed E-state index contributed by atoms with van der Waals surface area (Å²) in [6, 6.07) is 13.2. The van der Waals surface area contributed by atoms with Crippen LogP contribution in [0.5, 0.6) is 0 Å². The van der Waals surface area contributed by atoms with E-state index in [4.69, 9.17) is 4.74 Å². The minimum Gasteiger partial charge on any atom is -0.465 e. The molecule has 8 heteroatoms. The molecule has 0 heterocycles. The topological polar surface area (TPSA) is 111 Å². The van der Waals surface area contributed by atoms with E-state index in [0.717, 1.165) is 11.1 Å². The van der Waals surface area contributed by atoms with Gasteiger partial charge in [-0.3, -0.25) is 14.4 Å². The Morgan fingerprint density at radius 2 is 1.73 bits per heavy atom. The molecule has 0 aliphatic carbocycles. The summed E-state index contributed by atoms with van der Waals surface area (Å²) in [5.74, 6) is -1.99. The van der Waals surface area contributed by atoms with Crippen LogP contribution in [0.15, 0.2) is 48.5 Å². The van der Waals surface area contributed by atoms with E-state index in [1.54, 1.807) is 43.3 Å².